The van der Waals surface area contributed by atoms with Crippen LogP contribution in [0.3, 0.4) is 0 Å². The Morgan fingerprint density at radius 1 is 0.667 bits per heavy atom. The first-order valence-corrected chi connectivity index (χ1v) is 18.9. The average molecular weight is 1010 g/mol. The Labute approximate surface area is 404 Å². The van der Waals surface area contributed by atoms with E-state index in [1.54, 1.807) is 57.7 Å². The zero-order valence-electron chi connectivity index (χ0n) is 50.3. The van der Waals surface area contributed by atoms with Gasteiger partial charge in [-0.05, 0) is 69.5 Å². The van der Waals surface area contributed by atoms with Crippen LogP contribution in [-0.4, -0.2) is 14.1 Å². The van der Waals surface area contributed by atoms with Gasteiger partial charge >= 0.3 is 0 Å². The fourth-order valence-corrected chi connectivity index (χ4v) is 7.54. The van der Waals surface area contributed by atoms with Gasteiger partial charge in [0.2, 0.25) is 0 Å². The largest absolute Gasteiger partial charge is 0.510 e. The first-order chi connectivity index (χ1) is 38.0. The standard InChI is InChI=1S/C56H35N5O.Pt/c1-38-32-55(58-36-50(38)41-20-10-5-11-21-41)61-51-27-13-12-24-48(51)49-30-29-45(35-53(49)61)62-44-23-14-22-43(34-44)59-37-60(54-33-42(57-2)28-31-52(54)59)56-46(39-16-6-3-7-17-39)25-15-26-47(56)40-18-8-4-9-19-40;/h3-33,36H,1H3;/q-2;/i1D3,3D,4D,5D,6D,7D,8D,9D,10D,11D,16D,17D,18D,19D,20D,21D;. The molecule has 11 aromatic rings. The summed E-state index contributed by atoms with van der Waals surface area (Å²) in [6, 6.07) is 23.6. The monoisotopic (exact) mass is 1010 g/mol. The molecule has 0 radical (unpaired) electrons. The molecule has 7 heteroatoms. The maximum Gasteiger partial charge on any atom is 0.268 e. The Morgan fingerprint density at radius 3 is 2.03 bits per heavy atom. The number of ether oxygens (including phenoxy) is 1. The van der Waals surface area contributed by atoms with Gasteiger partial charge in [-0.3, -0.25) is 4.57 Å². The van der Waals surface area contributed by atoms with Gasteiger partial charge in [-0.15, -0.1) is 29.7 Å². The normalized spacial score (nSPS) is 15.3. The van der Waals surface area contributed by atoms with E-state index in [1.807, 2.05) is 18.2 Å². The van der Waals surface area contributed by atoms with Crippen molar-refractivity contribution >= 4 is 38.5 Å². The van der Waals surface area contributed by atoms with Crippen molar-refractivity contribution in [3.8, 4) is 62.1 Å². The minimum atomic E-state index is -2.84. The molecule has 0 saturated heterocycles. The molecule has 3 aromatic heterocycles. The summed E-state index contributed by atoms with van der Waals surface area (Å²) in [5, 5.41) is 1.43. The third kappa shape index (κ3) is 7.09. The summed E-state index contributed by atoms with van der Waals surface area (Å²) in [5.74, 6) is 0.453. The molecular weight excluding hydrogens is 954 g/mol. The minimum absolute atomic E-state index is 0. The van der Waals surface area contributed by atoms with Gasteiger partial charge in [-0.25, -0.2) is 9.83 Å². The zero-order valence-corrected chi connectivity index (χ0v) is 34.5. The van der Waals surface area contributed by atoms with Crippen molar-refractivity contribution in [3.63, 3.8) is 0 Å². The Balaban J connectivity index is 0.00000736. The van der Waals surface area contributed by atoms with E-state index >= 15 is 0 Å². The summed E-state index contributed by atoms with van der Waals surface area (Å²) in [5.41, 5.74) is 0.906. The Kier molecular flexibility index (Phi) is 6.30. The molecule has 0 atom stereocenters. The molecule has 0 bridgehead atoms. The predicted octanol–water partition coefficient (Wildman–Crippen LogP) is 13.4. The number of hydrogen-bond donors (Lipinski definition) is 0. The molecule has 11 rings (SSSR count). The summed E-state index contributed by atoms with van der Waals surface area (Å²) in [6.45, 7) is 5.11. The summed E-state index contributed by atoms with van der Waals surface area (Å²) < 4.78 is 166. The van der Waals surface area contributed by atoms with Crippen molar-refractivity contribution in [1.29, 1.82) is 0 Å². The Morgan fingerprint density at radius 2 is 1.33 bits per heavy atom. The van der Waals surface area contributed by atoms with Gasteiger partial charge in [-0.2, -0.15) is 18.2 Å². The number of para-hydroxylation sites is 2. The van der Waals surface area contributed by atoms with Gasteiger partial charge in [-0.1, -0.05) is 145 Å². The minimum Gasteiger partial charge on any atom is -0.510 e. The number of aryl methyl sites for hydroxylation is 1. The molecule has 302 valence electrons. The SMILES string of the molecule is [2H]c1c([2H])c([2H])c(-c2cnc(-n3c4[c-]c(Oc5[c-]c(-n6[c-][n+](-c7c(-c8c([2H])c([2H])c([2H])c([2H])c8[2H])cccc7-c7c([2H])c([2H])c([2H])c([2H])c7[2H])c7cc([N+]#[C-])ccc76)ccc5)ccc4c4ccccc43)cc2C([2H])([2H])[2H])c([2H])c1[2H].[Pt]. The summed E-state index contributed by atoms with van der Waals surface area (Å²) in [4.78, 5) is 8.29. The van der Waals surface area contributed by atoms with Crippen molar-refractivity contribution in [2.24, 2.45) is 0 Å². The number of hydrogen-bond acceptors (Lipinski definition) is 2. The molecule has 6 nitrogen and oxygen atoms in total. The number of benzene rings is 8. The van der Waals surface area contributed by atoms with Crippen molar-refractivity contribution in [3.05, 3.63) is 229 Å². The molecule has 0 amide bonds. The van der Waals surface area contributed by atoms with Crippen LogP contribution >= 0.6 is 0 Å². The number of nitrogens with zero attached hydrogens (tertiary/aromatic N) is 5. The quantitative estimate of drug-likeness (QED) is 0.112. The molecule has 8 aromatic carbocycles. The smallest absolute Gasteiger partial charge is 0.268 e. The van der Waals surface area contributed by atoms with Gasteiger partial charge in [0.1, 0.15) is 5.82 Å². The van der Waals surface area contributed by atoms with Crippen LogP contribution in [0.2, 0.25) is 0 Å². The fraction of sp³-hybridized carbons (Fsp3) is 0.0179. The molecule has 0 aliphatic heterocycles. The van der Waals surface area contributed by atoms with Gasteiger partial charge in [0.05, 0.1) is 43.9 Å². The first-order valence-electron chi connectivity index (χ1n) is 27.9. The zero-order chi connectivity index (χ0) is 57.1. The Hall–Kier alpha value is -7.84. The van der Waals surface area contributed by atoms with Crippen LogP contribution in [0, 0.1) is 31.9 Å². The van der Waals surface area contributed by atoms with E-state index in [-0.39, 0.29) is 94.2 Å². The average Bonchev–Trinajstić information content (AvgIpc) is 4.25. The molecular formula is C56H35N5OPt-2. The number of fused-ring (bicyclic) bond motifs is 4. The van der Waals surface area contributed by atoms with Gasteiger partial charge in [0, 0.05) is 54.0 Å². The topological polar surface area (TPSA) is 40.2 Å². The molecule has 0 N–H and O–H groups in total. The van der Waals surface area contributed by atoms with Crippen molar-refractivity contribution in [2.75, 3.05) is 0 Å². The van der Waals surface area contributed by atoms with Crippen LogP contribution in [0.5, 0.6) is 11.5 Å². The third-order valence-corrected chi connectivity index (χ3v) is 10.2. The second-order valence-electron chi connectivity index (χ2n) is 13.8. The van der Waals surface area contributed by atoms with Crippen molar-refractivity contribution < 1.29 is 55.0 Å². The van der Waals surface area contributed by atoms with Crippen LogP contribution in [-0.2, 0) is 21.1 Å². The van der Waals surface area contributed by atoms with E-state index < -0.39 is 97.5 Å². The number of aromatic nitrogens is 4. The van der Waals surface area contributed by atoms with Gasteiger partial charge in [0.15, 0.2) is 5.69 Å². The van der Waals surface area contributed by atoms with Crippen LogP contribution < -0.4 is 9.30 Å². The summed E-state index contributed by atoms with van der Waals surface area (Å²) >= 11 is 0. The molecule has 0 spiro atoms. The summed E-state index contributed by atoms with van der Waals surface area (Å²) in [7, 11) is 0. The Bertz CT molecular complexity index is 4380. The van der Waals surface area contributed by atoms with Crippen molar-refractivity contribution in [2.45, 2.75) is 6.85 Å². The predicted molar refractivity (Wildman–Crippen MR) is 247 cm³/mol. The van der Waals surface area contributed by atoms with Gasteiger partial charge in [0.25, 0.3) is 6.33 Å². The molecule has 63 heavy (non-hydrogen) atoms. The maximum atomic E-state index is 9.03. The number of imidazole rings is 1. The maximum absolute atomic E-state index is 9.03. The van der Waals surface area contributed by atoms with Gasteiger partial charge < -0.3 is 13.9 Å². The van der Waals surface area contributed by atoms with Crippen LogP contribution in [0.1, 0.15) is 30.2 Å². The molecule has 0 aliphatic rings. The second kappa shape index (κ2) is 16.6. The van der Waals surface area contributed by atoms with Crippen LogP contribution in [0.4, 0.5) is 5.69 Å². The fourth-order valence-electron chi connectivity index (χ4n) is 7.54. The molecule has 0 aliphatic carbocycles. The van der Waals surface area contributed by atoms with Crippen LogP contribution in [0.15, 0.2) is 194 Å². The number of rotatable bonds is 8. The molecule has 3 heterocycles. The molecule has 0 unspecified atom stereocenters. The van der Waals surface area contributed by atoms with E-state index in [4.69, 9.17) is 36.0 Å². The second-order valence-corrected chi connectivity index (χ2v) is 13.8. The number of pyridine rings is 1. The third-order valence-electron chi connectivity index (χ3n) is 10.2. The van der Waals surface area contributed by atoms with E-state index in [0.29, 0.717) is 27.6 Å². The summed E-state index contributed by atoms with van der Waals surface area (Å²) in [6.07, 6.45) is 4.47. The van der Waals surface area contributed by atoms with E-state index in [2.05, 4.69) is 28.3 Å². The van der Waals surface area contributed by atoms with Crippen LogP contribution in [0.25, 0.3) is 88.3 Å². The van der Waals surface area contributed by atoms with E-state index in [9.17, 15) is 0 Å². The molecule has 0 fully saturated rings. The van der Waals surface area contributed by atoms with E-state index in [1.165, 1.54) is 41.1 Å². The first kappa shape index (κ1) is 24.0. The molecule has 0 saturated carbocycles. The van der Waals surface area contributed by atoms with Crippen molar-refractivity contribution in [1.82, 2.24) is 14.1 Å². The van der Waals surface area contributed by atoms with E-state index in [0.717, 1.165) is 5.39 Å².